The molecule has 2 rings (SSSR count). The first kappa shape index (κ1) is 15.7. The number of carboxylic acid groups (broad SMARTS) is 1. The van der Waals surface area contributed by atoms with Crippen LogP contribution < -0.4 is 9.47 Å². The second-order valence-electron chi connectivity index (χ2n) is 6.03. The molecule has 0 aliphatic heterocycles. The molecule has 116 valence electrons. The monoisotopic (exact) mass is 292 g/mol. The molecule has 0 saturated heterocycles. The van der Waals surface area contributed by atoms with Crippen LogP contribution in [-0.2, 0) is 4.79 Å². The van der Waals surface area contributed by atoms with Crippen LogP contribution >= 0.6 is 0 Å². The summed E-state index contributed by atoms with van der Waals surface area (Å²) in [7, 11) is 3.27. The molecular formula is C17H24O4. The van der Waals surface area contributed by atoms with Crippen LogP contribution in [0, 0.1) is 5.92 Å². The molecule has 21 heavy (non-hydrogen) atoms. The molecule has 1 unspecified atom stereocenters. The molecule has 0 spiro atoms. The summed E-state index contributed by atoms with van der Waals surface area (Å²) in [5.74, 6) is 1.58. The van der Waals surface area contributed by atoms with Crippen LogP contribution in [0.3, 0.4) is 0 Å². The predicted octanol–water partition coefficient (Wildman–Crippen LogP) is 3.80. The summed E-state index contributed by atoms with van der Waals surface area (Å²) >= 11 is 0. The van der Waals surface area contributed by atoms with Gasteiger partial charge in [0, 0.05) is 12.0 Å². The molecular weight excluding hydrogens is 268 g/mol. The fourth-order valence-electron chi connectivity index (χ4n) is 2.91. The number of hydrogen-bond donors (Lipinski definition) is 1. The maximum atomic E-state index is 11.2. The lowest BCUT2D eigenvalue weighted by atomic mass is 9.87. The summed E-state index contributed by atoms with van der Waals surface area (Å²) in [6, 6.07) is 3.97. The third kappa shape index (κ3) is 3.49. The van der Waals surface area contributed by atoms with Gasteiger partial charge >= 0.3 is 5.97 Å². The minimum absolute atomic E-state index is 0.0286. The third-order valence-electron chi connectivity index (χ3n) is 4.19. The molecule has 1 N–H and O–H groups in total. The average molecular weight is 292 g/mol. The zero-order valence-corrected chi connectivity index (χ0v) is 13.2. The minimum atomic E-state index is -0.754. The third-order valence-corrected chi connectivity index (χ3v) is 4.19. The van der Waals surface area contributed by atoms with E-state index >= 15 is 0 Å². The van der Waals surface area contributed by atoms with E-state index in [-0.39, 0.29) is 12.3 Å². The zero-order chi connectivity index (χ0) is 15.6. The molecule has 0 amide bonds. The Morgan fingerprint density at radius 1 is 1.19 bits per heavy atom. The molecule has 0 aromatic heterocycles. The lowest BCUT2D eigenvalue weighted by Gasteiger charge is -2.22. The first-order chi connectivity index (χ1) is 9.97. The first-order valence-corrected chi connectivity index (χ1v) is 7.45. The highest BCUT2D eigenvalue weighted by molar-refractivity contribution is 5.69. The SMILES string of the molecule is COc1cc(OC)c(C(CC(=O)O)C2CC2)cc1C(C)C. The van der Waals surface area contributed by atoms with E-state index in [0.717, 1.165) is 35.5 Å². The van der Waals surface area contributed by atoms with Gasteiger partial charge in [-0.05, 0) is 41.9 Å². The van der Waals surface area contributed by atoms with Gasteiger partial charge in [0.05, 0.1) is 20.6 Å². The van der Waals surface area contributed by atoms with Crippen molar-refractivity contribution in [1.29, 1.82) is 0 Å². The van der Waals surface area contributed by atoms with Gasteiger partial charge in [-0.2, -0.15) is 0 Å². The van der Waals surface area contributed by atoms with E-state index in [4.69, 9.17) is 9.47 Å². The lowest BCUT2D eigenvalue weighted by Crippen LogP contribution is -2.11. The number of hydrogen-bond acceptors (Lipinski definition) is 3. The molecule has 1 aromatic rings. The predicted molar refractivity (Wildman–Crippen MR) is 81.4 cm³/mol. The summed E-state index contributed by atoms with van der Waals surface area (Å²) in [5.41, 5.74) is 2.11. The van der Waals surface area contributed by atoms with Crippen molar-refractivity contribution in [2.45, 2.75) is 44.9 Å². The molecule has 4 nitrogen and oxygen atoms in total. The van der Waals surface area contributed by atoms with Crippen LogP contribution in [-0.4, -0.2) is 25.3 Å². The van der Waals surface area contributed by atoms with Gasteiger partial charge < -0.3 is 14.6 Å². The molecule has 1 fully saturated rings. The first-order valence-electron chi connectivity index (χ1n) is 7.45. The minimum Gasteiger partial charge on any atom is -0.496 e. The Bertz CT molecular complexity index is 518. The second-order valence-corrected chi connectivity index (χ2v) is 6.03. The van der Waals surface area contributed by atoms with E-state index in [1.807, 2.05) is 6.07 Å². The van der Waals surface area contributed by atoms with Gasteiger partial charge in [-0.1, -0.05) is 13.8 Å². The second kappa shape index (κ2) is 6.37. The maximum absolute atomic E-state index is 11.2. The molecule has 1 saturated carbocycles. The number of aliphatic carboxylic acids is 1. The topological polar surface area (TPSA) is 55.8 Å². The van der Waals surface area contributed by atoms with Crippen LogP contribution in [0.2, 0.25) is 0 Å². The normalized spacial score (nSPS) is 15.9. The van der Waals surface area contributed by atoms with Crippen molar-refractivity contribution in [1.82, 2.24) is 0 Å². The highest BCUT2D eigenvalue weighted by Crippen LogP contribution is 2.48. The highest BCUT2D eigenvalue weighted by Gasteiger charge is 2.36. The quantitative estimate of drug-likeness (QED) is 0.830. The Hall–Kier alpha value is -1.71. The highest BCUT2D eigenvalue weighted by atomic mass is 16.5. The van der Waals surface area contributed by atoms with Crippen molar-refractivity contribution in [2.75, 3.05) is 14.2 Å². The van der Waals surface area contributed by atoms with Gasteiger partial charge in [-0.25, -0.2) is 0 Å². The Morgan fingerprint density at radius 3 is 2.19 bits per heavy atom. The number of rotatable bonds is 7. The Balaban J connectivity index is 2.48. The lowest BCUT2D eigenvalue weighted by molar-refractivity contribution is -0.137. The van der Waals surface area contributed by atoms with Crippen molar-refractivity contribution in [3.8, 4) is 11.5 Å². The van der Waals surface area contributed by atoms with Gasteiger partial charge in [0.25, 0.3) is 0 Å². The fraction of sp³-hybridized carbons (Fsp3) is 0.588. The summed E-state index contributed by atoms with van der Waals surface area (Å²) in [6.45, 7) is 4.22. The van der Waals surface area contributed by atoms with Crippen LogP contribution in [0.25, 0.3) is 0 Å². The van der Waals surface area contributed by atoms with E-state index in [2.05, 4.69) is 19.9 Å². The molecule has 1 aromatic carbocycles. The van der Waals surface area contributed by atoms with Gasteiger partial charge in [0.2, 0.25) is 0 Å². The number of methoxy groups -OCH3 is 2. The molecule has 4 heteroatoms. The van der Waals surface area contributed by atoms with Gasteiger partial charge in [0.15, 0.2) is 0 Å². The fourth-order valence-corrected chi connectivity index (χ4v) is 2.91. The van der Waals surface area contributed by atoms with E-state index in [0.29, 0.717) is 11.8 Å². The van der Waals surface area contributed by atoms with Crippen molar-refractivity contribution < 1.29 is 19.4 Å². The van der Waals surface area contributed by atoms with Crippen LogP contribution in [0.15, 0.2) is 12.1 Å². The Morgan fingerprint density at radius 2 is 1.76 bits per heavy atom. The van der Waals surface area contributed by atoms with Crippen LogP contribution in [0.1, 0.15) is 56.1 Å². The average Bonchev–Trinajstić information content (AvgIpc) is 3.27. The van der Waals surface area contributed by atoms with Gasteiger partial charge in [0.1, 0.15) is 11.5 Å². The summed E-state index contributed by atoms with van der Waals surface area (Å²) in [4.78, 5) is 11.2. The van der Waals surface area contributed by atoms with Crippen molar-refractivity contribution in [3.05, 3.63) is 23.3 Å². The Kier molecular flexibility index (Phi) is 4.76. The molecule has 0 heterocycles. The largest absolute Gasteiger partial charge is 0.496 e. The van der Waals surface area contributed by atoms with E-state index in [1.54, 1.807) is 14.2 Å². The summed E-state index contributed by atoms with van der Waals surface area (Å²) < 4.78 is 10.9. The Labute approximate surface area is 126 Å². The number of carboxylic acids is 1. The molecule has 1 aliphatic rings. The maximum Gasteiger partial charge on any atom is 0.303 e. The van der Waals surface area contributed by atoms with E-state index in [9.17, 15) is 9.90 Å². The molecule has 0 radical (unpaired) electrons. The zero-order valence-electron chi connectivity index (χ0n) is 13.2. The number of benzene rings is 1. The van der Waals surface area contributed by atoms with Crippen molar-refractivity contribution in [3.63, 3.8) is 0 Å². The standard InChI is InChI=1S/C17H24O4/c1-10(2)12-7-14(16(21-4)9-15(12)20-3)13(8-17(18)19)11-5-6-11/h7,9-11,13H,5-6,8H2,1-4H3,(H,18,19). The van der Waals surface area contributed by atoms with Crippen LogP contribution in [0.4, 0.5) is 0 Å². The van der Waals surface area contributed by atoms with E-state index in [1.165, 1.54) is 0 Å². The van der Waals surface area contributed by atoms with Crippen molar-refractivity contribution >= 4 is 5.97 Å². The van der Waals surface area contributed by atoms with Gasteiger partial charge in [-0.3, -0.25) is 4.79 Å². The number of ether oxygens (including phenoxy) is 2. The van der Waals surface area contributed by atoms with Crippen molar-refractivity contribution in [2.24, 2.45) is 5.92 Å². The molecule has 1 atom stereocenters. The van der Waals surface area contributed by atoms with E-state index < -0.39 is 5.97 Å². The van der Waals surface area contributed by atoms with Gasteiger partial charge in [-0.15, -0.1) is 0 Å². The summed E-state index contributed by atoms with van der Waals surface area (Å²) in [6.07, 6.45) is 2.36. The number of carbonyl (C=O) groups is 1. The molecule has 0 bridgehead atoms. The smallest absolute Gasteiger partial charge is 0.303 e. The summed E-state index contributed by atoms with van der Waals surface area (Å²) in [5, 5.41) is 9.20. The van der Waals surface area contributed by atoms with Crippen LogP contribution in [0.5, 0.6) is 11.5 Å². The molecule has 1 aliphatic carbocycles.